The number of hydrogen-bond donors (Lipinski definition) is 2. The fraction of sp³-hybridized carbons (Fsp3) is 0.263. The van der Waals surface area contributed by atoms with Gasteiger partial charge in [0.05, 0.1) is 24.4 Å². The number of carbonyl (C=O) groups is 2. The summed E-state index contributed by atoms with van der Waals surface area (Å²) in [6, 6.07) is 14.2. The molecule has 0 aliphatic rings. The minimum Gasteiger partial charge on any atom is -0.462 e. The average molecular weight is 361 g/mol. The van der Waals surface area contributed by atoms with Crippen LogP contribution in [0.2, 0.25) is 5.02 Å². The zero-order chi connectivity index (χ0) is 18.2. The number of amides is 1. The smallest absolute Gasteiger partial charge is 0.340 e. The molecule has 0 heterocycles. The maximum absolute atomic E-state index is 12.2. The van der Waals surface area contributed by atoms with E-state index in [2.05, 4.69) is 10.6 Å². The van der Waals surface area contributed by atoms with Gasteiger partial charge in [-0.1, -0.05) is 41.9 Å². The molecule has 0 radical (unpaired) electrons. The molecule has 0 aliphatic heterocycles. The molecule has 0 saturated carbocycles. The molecule has 0 bridgehead atoms. The topological polar surface area (TPSA) is 67.4 Å². The van der Waals surface area contributed by atoms with Gasteiger partial charge >= 0.3 is 5.97 Å². The molecule has 1 amide bonds. The van der Waals surface area contributed by atoms with E-state index in [1.54, 1.807) is 31.2 Å². The van der Waals surface area contributed by atoms with Crippen LogP contribution in [-0.4, -0.2) is 25.0 Å². The molecule has 25 heavy (non-hydrogen) atoms. The van der Waals surface area contributed by atoms with Crippen molar-refractivity contribution in [2.75, 3.05) is 18.5 Å². The van der Waals surface area contributed by atoms with Crippen LogP contribution in [-0.2, 0) is 9.53 Å². The van der Waals surface area contributed by atoms with Crippen LogP contribution in [0.4, 0.5) is 5.69 Å². The number of para-hydroxylation sites is 1. The zero-order valence-corrected chi connectivity index (χ0v) is 15.0. The van der Waals surface area contributed by atoms with Crippen molar-refractivity contribution in [2.24, 2.45) is 0 Å². The molecule has 0 unspecified atom stereocenters. The zero-order valence-electron chi connectivity index (χ0n) is 14.2. The molecule has 0 aromatic heterocycles. The second kappa shape index (κ2) is 9.20. The minimum atomic E-state index is -0.462. The van der Waals surface area contributed by atoms with E-state index in [0.717, 1.165) is 5.56 Å². The van der Waals surface area contributed by atoms with Gasteiger partial charge in [-0.15, -0.1) is 0 Å². The minimum absolute atomic E-state index is 0.0836. The van der Waals surface area contributed by atoms with E-state index in [0.29, 0.717) is 16.3 Å². The van der Waals surface area contributed by atoms with Gasteiger partial charge in [-0.25, -0.2) is 4.79 Å². The van der Waals surface area contributed by atoms with E-state index in [-0.39, 0.29) is 25.1 Å². The van der Waals surface area contributed by atoms with Crippen molar-refractivity contribution >= 4 is 29.2 Å². The van der Waals surface area contributed by atoms with E-state index < -0.39 is 5.97 Å². The Morgan fingerprint density at radius 2 is 1.80 bits per heavy atom. The summed E-state index contributed by atoms with van der Waals surface area (Å²) in [6.45, 7) is 4.03. The Morgan fingerprint density at radius 1 is 1.12 bits per heavy atom. The number of anilines is 1. The van der Waals surface area contributed by atoms with Gasteiger partial charge in [0, 0.05) is 11.1 Å². The molecule has 5 nitrogen and oxygen atoms in total. The molecule has 6 heteroatoms. The van der Waals surface area contributed by atoms with Gasteiger partial charge in [-0.05, 0) is 37.6 Å². The summed E-state index contributed by atoms with van der Waals surface area (Å²) in [7, 11) is 0. The number of benzene rings is 2. The summed E-state index contributed by atoms with van der Waals surface area (Å²) in [5.41, 5.74) is 1.68. The predicted molar refractivity (Wildman–Crippen MR) is 98.9 cm³/mol. The standard InChI is InChI=1S/C19H21ClN2O3/c1-3-25-19(24)15-9-5-7-11-17(15)22-18(23)12-21-13(2)14-8-4-6-10-16(14)20/h4-11,13,21H,3,12H2,1-2H3,(H,22,23)/t13-/m1/s1. The third-order valence-corrected chi connectivity index (χ3v) is 3.98. The first-order valence-corrected chi connectivity index (χ1v) is 8.44. The maximum atomic E-state index is 12.2. The van der Waals surface area contributed by atoms with Crippen LogP contribution >= 0.6 is 11.6 Å². The molecular weight excluding hydrogens is 340 g/mol. The van der Waals surface area contributed by atoms with Crippen molar-refractivity contribution in [3.8, 4) is 0 Å². The molecule has 0 aliphatic carbocycles. The van der Waals surface area contributed by atoms with E-state index >= 15 is 0 Å². The van der Waals surface area contributed by atoms with Crippen LogP contribution in [0.25, 0.3) is 0 Å². The van der Waals surface area contributed by atoms with E-state index in [9.17, 15) is 9.59 Å². The quantitative estimate of drug-likeness (QED) is 0.737. The molecule has 132 valence electrons. The van der Waals surface area contributed by atoms with E-state index in [1.165, 1.54) is 0 Å². The normalized spacial score (nSPS) is 11.6. The Labute approximate surface area is 152 Å². The number of hydrogen-bond acceptors (Lipinski definition) is 4. The Kier molecular flexibility index (Phi) is 6.98. The third kappa shape index (κ3) is 5.31. The fourth-order valence-electron chi connectivity index (χ4n) is 2.36. The Morgan fingerprint density at radius 3 is 2.52 bits per heavy atom. The lowest BCUT2D eigenvalue weighted by Crippen LogP contribution is -2.30. The average Bonchev–Trinajstić information content (AvgIpc) is 2.60. The summed E-state index contributed by atoms with van der Waals surface area (Å²) >= 11 is 6.16. The highest BCUT2D eigenvalue weighted by Crippen LogP contribution is 2.22. The largest absolute Gasteiger partial charge is 0.462 e. The summed E-state index contributed by atoms with van der Waals surface area (Å²) in [5, 5.41) is 6.51. The van der Waals surface area contributed by atoms with Crippen molar-refractivity contribution in [3.05, 3.63) is 64.7 Å². The van der Waals surface area contributed by atoms with Crippen molar-refractivity contribution in [3.63, 3.8) is 0 Å². The number of carbonyl (C=O) groups excluding carboxylic acids is 2. The van der Waals surface area contributed by atoms with Gasteiger partial charge in [0.2, 0.25) is 5.91 Å². The second-order valence-corrected chi connectivity index (χ2v) is 5.85. The Bertz CT molecular complexity index is 749. The van der Waals surface area contributed by atoms with Crippen molar-refractivity contribution < 1.29 is 14.3 Å². The first-order valence-electron chi connectivity index (χ1n) is 8.06. The summed E-state index contributed by atoms with van der Waals surface area (Å²) < 4.78 is 5.00. The maximum Gasteiger partial charge on any atom is 0.340 e. The highest BCUT2D eigenvalue weighted by atomic mass is 35.5. The van der Waals surface area contributed by atoms with Crippen LogP contribution in [0.3, 0.4) is 0 Å². The first-order chi connectivity index (χ1) is 12.0. The van der Waals surface area contributed by atoms with Gasteiger partial charge in [-0.2, -0.15) is 0 Å². The molecule has 0 saturated heterocycles. The van der Waals surface area contributed by atoms with Crippen LogP contribution < -0.4 is 10.6 Å². The number of halogens is 1. The van der Waals surface area contributed by atoms with E-state index in [4.69, 9.17) is 16.3 Å². The number of nitrogens with one attached hydrogen (secondary N) is 2. The lowest BCUT2D eigenvalue weighted by atomic mass is 10.1. The highest BCUT2D eigenvalue weighted by molar-refractivity contribution is 6.31. The Hall–Kier alpha value is -2.37. The Balaban J connectivity index is 1.97. The SMILES string of the molecule is CCOC(=O)c1ccccc1NC(=O)CN[C@H](C)c1ccccc1Cl. The number of rotatable bonds is 7. The highest BCUT2D eigenvalue weighted by Gasteiger charge is 2.15. The lowest BCUT2D eigenvalue weighted by Gasteiger charge is -2.16. The van der Waals surface area contributed by atoms with Gasteiger partial charge in [0.25, 0.3) is 0 Å². The monoisotopic (exact) mass is 360 g/mol. The van der Waals surface area contributed by atoms with E-state index in [1.807, 2.05) is 31.2 Å². The van der Waals surface area contributed by atoms with Crippen LogP contribution in [0, 0.1) is 0 Å². The molecular formula is C19H21ClN2O3. The first kappa shape index (κ1) is 19.0. The van der Waals surface area contributed by atoms with Crippen LogP contribution in [0.15, 0.2) is 48.5 Å². The van der Waals surface area contributed by atoms with Gasteiger partial charge in [-0.3, -0.25) is 4.79 Å². The van der Waals surface area contributed by atoms with Crippen molar-refractivity contribution in [2.45, 2.75) is 19.9 Å². The molecule has 2 aromatic carbocycles. The predicted octanol–water partition coefficient (Wildman–Crippen LogP) is 3.81. The molecule has 2 N–H and O–H groups in total. The number of esters is 1. The van der Waals surface area contributed by atoms with Crippen LogP contribution in [0.5, 0.6) is 0 Å². The lowest BCUT2D eigenvalue weighted by molar-refractivity contribution is -0.115. The fourth-order valence-corrected chi connectivity index (χ4v) is 2.65. The van der Waals surface area contributed by atoms with Crippen molar-refractivity contribution in [1.29, 1.82) is 0 Å². The summed E-state index contributed by atoms with van der Waals surface area (Å²) in [5.74, 6) is -0.716. The van der Waals surface area contributed by atoms with Gasteiger partial charge in [0.1, 0.15) is 0 Å². The molecule has 0 spiro atoms. The number of ether oxygens (including phenoxy) is 1. The molecule has 2 rings (SSSR count). The molecule has 0 fully saturated rings. The van der Waals surface area contributed by atoms with Crippen molar-refractivity contribution in [1.82, 2.24) is 5.32 Å². The van der Waals surface area contributed by atoms with Crippen LogP contribution in [0.1, 0.15) is 35.8 Å². The summed E-state index contributed by atoms with van der Waals surface area (Å²) in [4.78, 5) is 24.1. The third-order valence-electron chi connectivity index (χ3n) is 3.64. The molecule has 1 atom stereocenters. The van der Waals surface area contributed by atoms with Gasteiger partial charge < -0.3 is 15.4 Å². The van der Waals surface area contributed by atoms with Gasteiger partial charge in [0.15, 0.2) is 0 Å². The summed E-state index contributed by atoms with van der Waals surface area (Å²) in [6.07, 6.45) is 0. The second-order valence-electron chi connectivity index (χ2n) is 5.44. The molecule has 2 aromatic rings.